The number of nitrogens with one attached hydrogen (secondary N) is 4. The van der Waals surface area contributed by atoms with Gasteiger partial charge in [-0.2, -0.15) is 20.4 Å². The number of carbonyl (C=O) groups excluding carboxylic acids is 4. The quantitative estimate of drug-likeness (QED) is 0.0437. The van der Waals surface area contributed by atoms with Crippen LogP contribution >= 0.6 is 63.7 Å². The molecule has 16 aromatic rings. The van der Waals surface area contributed by atoms with Gasteiger partial charge in [-0.25, -0.2) is 23.1 Å². The molecule has 7 aromatic heterocycles. The number of anilines is 4. The van der Waals surface area contributed by atoms with Crippen LogP contribution in [0.3, 0.4) is 0 Å². The third-order valence-electron chi connectivity index (χ3n) is 25.8. The lowest BCUT2D eigenvalue weighted by atomic mass is 10.0. The largest absolute Gasteiger partial charge is 0.472 e. The van der Waals surface area contributed by atoms with Crippen molar-refractivity contribution >= 4 is 110 Å². The molecule has 4 N–H and O–H groups in total. The van der Waals surface area contributed by atoms with Crippen molar-refractivity contribution in [2.75, 3.05) is 73.9 Å². The van der Waals surface area contributed by atoms with Gasteiger partial charge in [-0.05, 0) is 240 Å². The van der Waals surface area contributed by atoms with Crippen LogP contribution < -0.4 is 21.3 Å². The number of hydrogen-bond acceptors (Lipinski definition) is 19. The van der Waals surface area contributed by atoms with E-state index in [0.29, 0.717) is 49.7 Å². The van der Waals surface area contributed by atoms with Crippen LogP contribution in [0.1, 0.15) is 91.7 Å². The first-order valence-corrected chi connectivity index (χ1v) is 49.4. The van der Waals surface area contributed by atoms with Gasteiger partial charge < -0.3 is 73.1 Å². The minimum absolute atomic E-state index is 0.00488. The molecule has 4 saturated heterocycles. The SMILES string of the molecule is C=C1Cc2cc(CCN3C(=O)COC3c3cn(-c4ccc(Br)cc4)nc3-c3ccco3)ccc2N1.C=C1Cc2cc(CCN3C(=O)COC3c3cn(-c4ccc(Br)cc4)nc3-c3ccoc3)ccc2N1.C=C1Cc2cc(CCN3C(=O)CO[C@@H]3c3cn(-c4ccc(Br)cc4)nc3-c3ccc(F)cc3)ccc2N1.C=C1Cc2cc(CCN3C(=O)CO[C@@H]3c3cn(-c4ccc(Br)cc4)nc3-c3ccoc3)ccc2N1. The monoisotopic (exact) mass is 2150 g/mol. The molecule has 15 heterocycles. The van der Waals surface area contributed by atoms with Crippen LogP contribution in [0.5, 0.6) is 0 Å². The second-order valence-electron chi connectivity index (χ2n) is 35.5. The van der Waals surface area contributed by atoms with Crippen LogP contribution in [-0.4, -0.2) is 135 Å². The first-order valence-electron chi connectivity index (χ1n) is 46.3. The Balaban J connectivity index is 0.000000112. The highest BCUT2D eigenvalue weighted by Gasteiger charge is 2.42. The molecular weight excluding hydrogens is 2060 g/mol. The van der Waals surface area contributed by atoms with Crippen molar-refractivity contribution in [2.24, 2.45) is 0 Å². The van der Waals surface area contributed by atoms with E-state index in [1.54, 1.807) is 72.4 Å². The molecule has 24 rings (SSSR count). The van der Waals surface area contributed by atoms with Crippen molar-refractivity contribution in [1.82, 2.24) is 58.7 Å². The number of furan rings is 3. The first-order chi connectivity index (χ1) is 69.1. The predicted molar refractivity (Wildman–Crippen MR) is 552 cm³/mol. The average Bonchev–Trinajstić information content (AvgIpc) is 1.63. The minimum atomic E-state index is -0.590. The van der Waals surface area contributed by atoms with Gasteiger partial charge in [0.05, 0.1) is 59.6 Å². The third kappa shape index (κ3) is 20.4. The van der Waals surface area contributed by atoms with Gasteiger partial charge in [0.25, 0.3) is 23.6 Å². The van der Waals surface area contributed by atoms with Crippen molar-refractivity contribution in [3.05, 3.63) is 414 Å². The topological polar surface area (TPSA) is 277 Å². The van der Waals surface area contributed by atoms with E-state index < -0.39 is 24.9 Å². The zero-order valence-electron chi connectivity index (χ0n) is 76.7. The van der Waals surface area contributed by atoms with Gasteiger partial charge in [0.2, 0.25) is 0 Å². The Morgan fingerprint density at radius 3 is 0.887 bits per heavy atom. The third-order valence-corrected chi connectivity index (χ3v) is 28.0. The Bertz CT molecular complexity index is 6970. The van der Waals surface area contributed by atoms with E-state index in [0.717, 1.165) is 187 Å². The number of carbonyl (C=O) groups is 4. The highest BCUT2D eigenvalue weighted by molar-refractivity contribution is 9.11. The minimum Gasteiger partial charge on any atom is -0.472 e. The maximum atomic E-state index is 13.7. The summed E-state index contributed by atoms with van der Waals surface area (Å²) < 4.78 is 65.2. The normalized spacial score (nSPS) is 17.1. The summed E-state index contributed by atoms with van der Waals surface area (Å²) in [5.41, 5.74) is 30.1. The second-order valence-corrected chi connectivity index (χ2v) is 39.2. The Labute approximate surface area is 850 Å². The summed E-state index contributed by atoms with van der Waals surface area (Å²) >= 11 is 13.9. The number of amides is 4. The smallest absolute Gasteiger partial charge is 0.250 e. The van der Waals surface area contributed by atoms with Crippen molar-refractivity contribution in [2.45, 2.75) is 76.3 Å². The molecule has 32 heteroatoms. The van der Waals surface area contributed by atoms with Gasteiger partial charge in [-0.3, -0.25) is 19.2 Å². The fraction of sp³-hybridized carbons (Fsp3) is 0.182. The van der Waals surface area contributed by atoms with E-state index in [2.05, 4.69) is 184 Å². The highest BCUT2D eigenvalue weighted by Crippen LogP contribution is 2.44. The zero-order chi connectivity index (χ0) is 97.3. The van der Waals surface area contributed by atoms with Gasteiger partial charge in [-0.1, -0.05) is 139 Å². The van der Waals surface area contributed by atoms with E-state index in [9.17, 15) is 23.6 Å². The van der Waals surface area contributed by atoms with E-state index in [1.165, 1.54) is 51.1 Å². The number of rotatable bonds is 24. The average molecular weight is 2150 g/mol. The van der Waals surface area contributed by atoms with Crippen molar-refractivity contribution in [3.63, 3.8) is 0 Å². The molecule has 0 aliphatic carbocycles. The Morgan fingerprint density at radius 1 is 0.331 bits per heavy atom. The maximum Gasteiger partial charge on any atom is 0.250 e. The number of benzene rings is 9. The lowest BCUT2D eigenvalue weighted by Crippen LogP contribution is -2.30. The molecule has 8 aliphatic heterocycles. The van der Waals surface area contributed by atoms with Gasteiger partial charge in [0, 0.05) is 173 Å². The lowest BCUT2D eigenvalue weighted by molar-refractivity contribution is -0.128. The van der Waals surface area contributed by atoms with E-state index in [-0.39, 0.29) is 55.9 Å². The number of halogens is 5. The Morgan fingerprint density at radius 2 is 0.613 bits per heavy atom. The Hall–Kier alpha value is -14.6. The standard InChI is InChI=1S/C29H24BrFN4O2.3C27H23BrN4O3/c1-18-14-21-15-19(2-11-26(21)32-18)12-13-34-27(36)17-37-29(34)25-16-35(24-9-5-22(30)6-10-24)33-28(25)20-3-7-23(31)8-4-20;2*1-17-12-20-13-18(2-7-24(20)29-17)8-10-31-25(33)16-35-27(31)23-14-32(22-5-3-21(28)4-6-22)30-26(23)19-9-11-34-15-19;1-17-13-19-14-18(4-9-23(19)29-17)10-11-31-25(33)16-35-27(31)22-15-32(21-7-5-20(28)6-8-21)30-26(22)24-3-2-12-34-24/h2-11,15-16,29,32H,1,12-14,17H2;2*2-7,9,11,13-15,27,29H,1,8,10,12,16H2;2-9,12,14-15,27,29H,1,10-11,13,16H2/t29-;27-;;/m11../s1. The molecule has 27 nitrogen and oxygen atoms in total. The lowest BCUT2D eigenvalue weighted by Gasteiger charge is -2.23. The number of hydrogen-bond donors (Lipinski definition) is 4. The van der Waals surface area contributed by atoms with Crippen LogP contribution in [-0.2, 0) is 89.5 Å². The van der Waals surface area contributed by atoms with Gasteiger partial charge >= 0.3 is 0 Å². The number of ether oxygens (including phenoxy) is 4. The van der Waals surface area contributed by atoms with Crippen molar-refractivity contribution in [3.8, 4) is 68.0 Å². The summed E-state index contributed by atoms with van der Waals surface area (Å²) in [4.78, 5) is 58.6. The molecule has 0 spiro atoms. The molecule has 142 heavy (non-hydrogen) atoms. The molecule has 0 bridgehead atoms. The number of aromatic nitrogens is 8. The van der Waals surface area contributed by atoms with Gasteiger partial charge in [0.1, 0.15) is 55.0 Å². The fourth-order valence-electron chi connectivity index (χ4n) is 18.8. The fourth-order valence-corrected chi connectivity index (χ4v) is 19.9. The van der Waals surface area contributed by atoms with E-state index >= 15 is 0 Å². The summed E-state index contributed by atoms with van der Waals surface area (Å²) in [5, 5.41) is 32.5. The summed E-state index contributed by atoms with van der Waals surface area (Å²) in [7, 11) is 0. The summed E-state index contributed by atoms with van der Waals surface area (Å²) in [6.45, 7) is 18.4. The van der Waals surface area contributed by atoms with Crippen LogP contribution in [0, 0.1) is 5.82 Å². The summed E-state index contributed by atoms with van der Waals surface area (Å²) in [5.74, 6) is 0.155. The van der Waals surface area contributed by atoms with Crippen LogP contribution in [0.15, 0.2) is 355 Å². The molecule has 8 aliphatic rings. The molecule has 4 amide bonds. The molecular formula is C110H93Br4FN16O11. The molecule has 2 unspecified atom stereocenters. The van der Waals surface area contributed by atoms with Crippen LogP contribution in [0.4, 0.5) is 27.1 Å². The van der Waals surface area contributed by atoms with Crippen molar-refractivity contribution < 1.29 is 55.8 Å². The second kappa shape index (κ2) is 40.9. The van der Waals surface area contributed by atoms with E-state index in [1.807, 2.05) is 155 Å². The molecule has 0 saturated carbocycles. The van der Waals surface area contributed by atoms with Gasteiger partial charge in [-0.15, -0.1) is 0 Å². The number of allylic oxidation sites excluding steroid dienone is 4. The molecule has 4 atom stereocenters. The zero-order valence-corrected chi connectivity index (χ0v) is 83.0. The molecule has 0 radical (unpaired) electrons. The van der Waals surface area contributed by atoms with Crippen LogP contribution in [0.2, 0.25) is 0 Å². The van der Waals surface area contributed by atoms with E-state index in [4.69, 9.17) is 52.6 Å². The first kappa shape index (κ1) is 93.7. The Kier molecular flexibility index (Phi) is 27.0. The summed E-state index contributed by atoms with van der Waals surface area (Å²) in [6.07, 6.45) is 19.9. The molecule has 714 valence electrons. The number of nitrogens with zero attached hydrogens (tertiary/aromatic N) is 12. The number of fused-ring (bicyclic) bond motifs is 4. The van der Waals surface area contributed by atoms with Crippen LogP contribution in [0.25, 0.3) is 68.0 Å². The van der Waals surface area contributed by atoms with Gasteiger partial charge in [0.15, 0.2) is 30.7 Å². The molecule has 4 fully saturated rings. The maximum absolute atomic E-state index is 13.7. The predicted octanol–water partition coefficient (Wildman–Crippen LogP) is 22.5. The van der Waals surface area contributed by atoms with Crippen molar-refractivity contribution in [1.29, 1.82) is 0 Å². The summed E-state index contributed by atoms with van der Waals surface area (Å²) in [6, 6.07) is 70.6. The highest BCUT2D eigenvalue weighted by atomic mass is 79.9. The molecule has 9 aromatic carbocycles.